The highest BCUT2D eigenvalue weighted by Gasteiger charge is 2.32. The Bertz CT molecular complexity index is 1790. The number of pyridine rings is 2. The van der Waals surface area contributed by atoms with Crippen molar-refractivity contribution in [2.75, 3.05) is 0 Å². The smallest absolute Gasteiger partial charge is 0.330 e. The van der Waals surface area contributed by atoms with E-state index >= 15 is 0 Å². The number of imide groups is 1. The molecule has 0 aliphatic carbocycles. The van der Waals surface area contributed by atoms with Gasteiger partial charge in [-0.25, -0.2) is 19.0 Å². The normalized spacial score (nSPS) is 13.4. The molecule has 214 valence electrons. The van der Waals surface area contributed by atoms with E-state index in [-0.39, 0.29) is 19.3 Å². The molecule has 1 fully saturated rings. The number of hydrogen-bond donors (Lipinski definition) is 0. The number of hydrogen-bond acceptors (Lipinski definition) is 10. The summed E-state index contributed by atoms with van der Waals surface area (Å²) < 4.78 is 7.36. The monoisotopic (exact) mass is 602 g/mol. The van der Waals surface area contributed by atoms with E-state index in [1.54, 1.807) is 22.7 Å². The third-order valence-corrected chi connectivity index (χ3v) is 9.06. The first-order valence-corrected chi connectivity index (χ1v) is 15.4. The molecule has 0 aromatic carbocycles. The predicted octanol–water partition coefficient (Wildman–Crippen LogP) is 5.81. The first-order valence-electron chi connectivity index (χ1n) is 13.7. The molecule has 0 unspecified atom stereocenters. The molecule has 5 aromatic rings. The maximum atomic E-state index is 12.1. The van der Waals surface area contributed by atoms with E-state index in [0.717, 1.165) is 57.2 Å². The summed E-state index contributed by atoms with van der Waals surface area (Å²) in [4.78, 5) is 48.7. The highest BCUT2D eigenvalue weighted by atomic mass is 32.1. The highest BCUT2D eigenvalue weighted by Crippen LogP contribution is 2.42. The molecule has 0 N–H and O–H groups in total. The Balaban J connectivity index is 1.21. The molecule has 2 amide bonds. The summed E-state index contributed by atoms with van der Waals surface area (Å²) in [6, 6.07) is 10.3. The van der Waals surface area contributed by atoms with Crippen molar-refractivity contribution in [3.05, 3.63) is 58.5 Å². The predicted molar refractivity (Wildman–Crippen MR) is 157 cm³/mol. The minimum atomic E-state index is -0.565. The van der Waals surface area contributed by atoms with Crippen molar-refractivity contribution in [3.8, 4) is 32.3 Å². The Morgan fingerprint density at radius 1 is 1.02 bits per heavy atom. The Kier molecular flexibility index (Phi) is 7.90. The highest BCUT2D eigenvalue weighted by molar-refractivity contribution is 7.15. The van der Waals surface area contributed by atoms with Crippen LogP contribution in [-0.4, -0.2) is 38.1 Å². The summed E-state index contributed by atoms with van der Waals surface area (Å²) >= 11 is 3.29. The molecule has 0 saturated carbocycles. The zero-order valence-corrected chi connectivity index (χ0v) is 24.8. The molecule has 0 spiro atoms. The van der Waals surface area contributed by atoms with Crippen molar-refractivity contribution in [2.24, 2.45) is 0 Å². The average molecular weight is 603 g/mol. The molecule has 5 aromatic heterocycles. The number of amides is 2. The molecular formula is C30H28N5O5S2+. The lowest BCUT2D eigenvalue weighted by Crippen LogP contribution is -2.33. The van der Waals surface area contributed by atoms with Gasteiger partial charge in [-0.15, -0.1) is 27.7 Å². The van der Waals surface area contributed by atoms with Gasteiger partial charge in [-0.2, -0.15) is 0 Å². The van der Waals surface area contributed by atoms with Crippen molar-refractivity contribution in [1.82, 2.24) is 20.4 Å². The first kappa shape index (κ1) is 27.9. The molecule has 0 radical (unpaired) electrons. The second-order valence-electron chi connectivity index (χ2n) is 10.2. The number of unbranched alkanes of at least 4 members (excludes halogenated alkanes) is 2. The third-order valence-electron chi connectivity index (χ3n) is 6.99. The summed E-state index contributed by atoms with van der Waals surface area (Å²) in [5.74, 6) is -1.49. The quantitative estimate of drug-likeness (QED) is 0.112. The zero-order chi connectivity index (χ0) is 29.2. The van der Waals surface area contributed by atoms with Crippen LogP contribution < -0.4 is 4.57 Å². The van der Waals surface area contributed by atoms with Crippen LogP contribution in [0, 0.1) is 13.8 Å². The fourth-order valence-corrected chi connectivity index (χ4v) is 6.73. The number of nitrogens with zero attached hydrogens (tertiary/aromatic N) is 5. The third kappa shape index (κ3) is 5.72. The molecule has 1 aliphatic rings. The van der Waals surface area contributed by atoms with Gasteiger partial charge in [0.05, 0.1) is 16.1 Å². The summed E-state index contributed by atoms with van der Waals surface area (Å²) in [7, 11) is 0. The van der Waals surface area contributed by atoms with Gasteiger partial charge in [0.2, 0.25) is 0 Å². The average Bonchev–Trinajstić information content (AvgIpc) is 3.79. The van der Waals surface area contributed by atoms with Crippen LogP contribution in [-0.2, 0) is 25.8 Å². The molecule has 1 aliphatic heterocycles. The van der Waals surface area contributed by atoms with E-state index in [4.69, 9.17) is 14.5 Å². The largest absolute Gasteiger partial charge is 0.333 e. The van der Waals surface area contributed by atoms with Crippen molar-refractivity contribution >= 4 is 51.5 Å². The van der Waals surface area contributed by atoms with Gasteiger partial charge in [-0.1, -0.05) is 0 Å². The topological polar surface area (TPSA) is 119 Å². The second-order valence-corrected chi connectivity index (χ2v) is 12.4. The Morgan fingerprint density at radius 3 is 2.57 bits per heavy atom. The van der Waals surface area contributed by atoms with Gasteiger partial charge in [0.25, 0.3) is 11.8 Å². The van der Waals surface area contributed by atoms with Crippen molar-refractivity contribution in [2.45, 2.75) is 58.9 Å². The molecule has 12 heteroatoms. The van der Waals surface area contributed by atoms with Crippen LogP contribution in [0.15, 0.2) is 52.7 Å². The number of aryl methyl sites for hydroxylation is 3. The fourth-order valence-electron chi connectivity index (χ4n) is 4.93. The molecule has 42 heavy (non-hydrogen) atoms. The van der Waals surface area contributed by atoms with E-state index in [1.807, 2.05) is 18.3 Å². The van der Waals surface area contributed by atoms with Crippen molar-refractivity contribution < 1.29 is 28.4 Å². The van der Waals surface area contributed by atoms with Crippen LogP contribution in [0.25, 0.3) is 43.3 Å². The number of fused-ring (bicyclic) bond motifs is 1. The summed E-state index contributed by atoms with van der Waals surface area (Å²) in [5.41, 5.74) is 5.88. The number of carbonyl (C=O) groups excluding carboxylic acids is 3. The molecule has 1 saturated heterocycles. The molecular weight excluding hydrogens is 574 g/mol. The van der Waals surface area contributed by atoms with Crippen LogP contribution >= 0.6 is 22.7 Å². The Hall–Kier alpha value is -4.29. The minimum Gasteiger partial charge on any atom is -0.330 e. The van der Waals surface area contributed by atoms with Gasteiger partial charge in [0.1, 0.15) is 17.8 Å². The van der Waals surface area contributed by atoms with E-state index in [9.17, 15) is 14.4 Å². The van der Waals surface area contributed by atoms with E-state index in [0.29, 0.717) is 22.5 Å². The lowest BCUT2D eigenvalue weighted by Gasteiger charge is -2.12. The lowest BCUT2D eigenvalue weighted by molar-refractivity contribution is -0.696. The summed E-state index contributed by atoms with van der Waals surface area (Å²) in [6.45, 7) is 4.87. The number of carbonyl (C=O) groups is 3. The molecule has 10 nitrogen and oxygen atoms in total. The van der Waals surface area contributed by atoms with E-state index in [1.165, 1.54) is 4.88 Å². The number of hydroxylamine groups is 2. The maximum absolute atomic E-state index is 12.1. The van der Waals surface area contributed by atoms with Gasteiger partial charge in [0, 0.05) is 47.1 Å². The Labute approximate surface area is 249 Å². The van der Waals surface area contributed by atoms with E-state index < -0.39 is 17.8 Å². The summed E-state index contributed by atoms with van der Waals surface area (Å²) in [5, 5.41) is 11.3. The van der Waals surface area contributed by atoms with Crippen molar-refractivity contribution in [1.29, 1.82) is 0 Å². The van der Waals surface area contributed by atoms with Crippen LogP contribution in [0.2, 0.25) is 0 Å². The maximum Gasteiger partial charge on any atom is 0.333 e. The fraction of sp³-hybridized carbons (Fsp3) is 0.300. The van der Waals surface area contributed by atoms with Gasteiger partial charge in [0.15, 0.2) is 17.9 Å². The first-order chi connectivity index (χ1) is 20.4. The summed E-state index contributed by atoms with van der Waals surface area (Å²) in [6.07, 6.45) is 6.62. The minimum absolute atomic E-state index is 0.0880. The van der Waals surface area contributed by atoms with Gasteiger partial charge >= 0.3 is 5.97 Å². The lowest BCUT2D eigenvalue weighted by atomic mass is 10.0. The van der Waals surface area contributed by atoms with Gasteiger partial charge < -0.3 is 4.84 Å². The Morgan fingerprint density at radius 2 is 1.83 bits per heavy atom. The standard InChI is InChI=1S/C30H28N5O5S2/c1-18-15-22(41-17-18)26-27(31-28(21-10-9-19(2)42-21)30-29(26)32-40-33-30)20-7-6-14-34(16-20)13-5-3-4-8-25(38)39-35-23(36)11-12-24(35)37/h6-7,9-10,14-17H,3-5,8,11-13H2,1-2H3/q+1. The van der Waals surface area contributed by atoms with Gasteiger partial charge in [-0.05, 0) is 72.2 Å². The van der Waals surface area contributed by atoms with Crippen LogP contribution in [0.3, 0.4) is 0 Å². The van der Waals surface area contributed by atoms with Crippen molar-refractivity contribution in [3.63, 3.8) is 0 Å². The number of rotatable bonds is 10. The van der Waals surface area contributed by atoms with Gasteiger partial charge in [-0.3, -0.25) is 9.59 Å². The molecule has 6 rings (SSSR count). The SMILES string of the molecule is Cc1csc(-c2c(-c3ccc[n+](CCCCCC(=O)ON4C(=O)CCC4=O)c3)nc(-c3ccc(C)s3)c3nonc23)c1. The molecule has 0 bridgehead atoms. The van der Waals surface area contributed by atoms with Crippen LogP contribution in [0.4, 0.5) is 0 Å². The molecule has 0 atom stereocenters. The van der Waals surface area contributed by atoms with E-state index in [2.05, 4.69) is 58.5 Å². The molecule has 6 heterocycles. The van der Waals surface area contributed by atoms with Crippen LogP contribution in [0.5, 0.6) is 0 Å². The zero-order valence-electron chi connectivity index (χ0n) is 23.2. The van der Waals surface area contributed by atoms with Crippen LogP contribution in [0.1, 0.15) is 49.0 Å². The second kappa shape index (κ2) is 11.9. The number of thiophene rings is 2. The number of aromatic nitrogens is 4.